The number of hydrogen-bond acceptors (Lipinski definition) is 1. The molecule has 1 nitrogen and oxygen atoms in total. The van der Waals surface area contributed by atoms with Gasteiger partial charge in [-0.1, -0.05) is 58.2 Å². The van der Waals surface area contributed by atoms with Crippen LogP contribution in [0.1, 0.15) is 46.5 Å². The van der Waals surface area contributed by atoms with E-state index in [2.05, 4.69) is 32.0 Å². The van der Waals surface area contributed by atoms with Crippen LogP contribution in [0.2, 0.25) is 0 Å². The summed E-state index contributed by atoms with van der Waals surface area (Å²) in [6, 6.07) is 10.2. The molecule has 0 aromatic heterocycles. The Kier molecular flexibility index (Phi) is 6.61. The molecule has 0 bridgehead atoms. The first-order valence-electron chi connectivity index (χ1n) is 6.85. The van der Waals surface area contributed by atoms with E-state index in [4.69, 9.17) is 0 Å². The summed E-state index contributed by atoms with van der Waals surface area (Å²) in [5, 5.41) is 0. The minimum absolute atomic E-state index is 0.743. The number of nitrogens with zero attached hydrogens (tertiary/aromatic N) is 1. The van der Waals surface area contributed by atoms with Crippen LogP contribution in [-0.4, -0.2) is 6.21 Å². The van der Waals surface area contributed by atoms with Crippen molar-refractivity contribution in [2.75, 3.05) is 0 Å². The summed E-state index contributed by atoms with van der Waals surface area (Å²) in [6.07, 6.45) is 7.09. The van der Waals surface area contributed by atoms with E-state index in [1.165, 1.54) is 19.3 Å². The van der Waals surface area contributed by atoms with Crippen LogP contribution in [0, 0.1) is 11.8 Å². The topological polar surface area (TPSA) is 12.4 Å². The normalized spacial score (nSPS) is 15.0. The van der Waals surface area contributed by atoms with Crippen molar-refractivity contribution < 1.29 is 0 Å². The highest BCUT2D eigenvalue weighted by Crippen LogP contribution is 2.23. The predicted octanol–water partition coefficient (Wildman–Crippen LogP) is 5.24. The van der Waals surface area contributed by atoms with E-state index in [0.717, 1.165) is 23.9 Å². The average Bonchev–Trinajstić information content (AvgIpc) is 2.37. The summed E-state index contributed by atoms with van der Waals surface area (Å²) in [4.78, 5) is 4.50. The zero-order valence-electron chi connectivity index (χ0n) is 11.4. The molecule has 1 rings (SSSR count). The minimum Gasteiger partial charge on any atom is -0.261 e. The van der Waals surface area contributed by atoms with Gasteiger partial charge >= 0.3 is 0 Å². The molecule has 0 radical (unpaired) electrons. The van der Waals surface area contributed by atoms with Crippen molar-refractivity contribution in [3.05, 3.63) is 30.3 Å². The van der Waals surface area contributed by atoms with Crippen molar-refractivity contribution in [2.45, 2.75) is 46.5 Å². The summed E-state index contributed by atoms with van der Waals surface area (Å²) >= 11 is 0. The van der Waals surface area contributed by atoms with Crippen LogP contribution in [0.4, 0.5) is 5.69 Å². The maximum absolute atomic E-state index is 4.50. The van der Waals surface area contributed by atoms with Crippen LogP contribution in [0.3, 0.4) is 0 Å². The number of rotatable bonds is 7. The Morgan fingerprint density at radius 1 is 1.18 bits per heavy atom. The molecule has 0 saturated heterocycles. The largest absolute Gasteiger partial charge is 0.261 e. The van der Waals surface area contributed by atoms with E-state index < -0.39 is 0 Å². The van der Waals surface area contributed by atoms with E-state index in [1.807, 2.05) is 30.3 Å². The molecule has 94 valence electrons. The molecule has 0 aliphatic heterocycles. The van der Waals surface area contributed by atoms with Crippen LogP contribution >= 0.6 is 0 Å². The highest BCUT2D eigenvalue weighted by Gasteiger charge is 2.12. The number of aliphatic imine (C=N–C) groups is 1. The fourth-order valence-electron chi connectivity index (χ4n) is 2.29. The second-order valence-corrected chi connectivity index (χ2v) is 4.82. The first-order chi connectivity index (χ1) is 8.27. The first-order valence-corrected chi connectivity index (χ1v) is 6.85. The highest BCUT2D eigenvalue weighted by molar-refractivity contribution is 5.63. The lowest BCUT2D eigenvalue weighted by Crippen LogP contribution is -2.11. The second kappa shape index (κ2) is 8.05. The third-order valence-electron chi connectivity index (χ3n) is 3.46. The maximum atomic E-state index is 4.50. The fourth-order valence-corrected chi connectivity index (χ4v) is 2.29. The smallest absolute Gasteiger partial charge is 0.0625 e. The lowest BCUT2D eigenvalue weighted by Gasteiger charge is -2.20. The molecule has 17 heavy (non-hydrogen) atoms. The van der Waals surface area contributed by atoms with E-state index in [-0.39, 0.29) is 0 Å². The molecule has 0 aliphatic carbocycles. The Bertz CT molecular complexity index is 316. The Labute approximate surface area is 106 Å². The molecule has 0 N–H and O–H groups in total. The molecular weight excluding hydrogens is 206 g/mol. The summed E-state index contributed by atoms with van der Waals surface area (Å²) in [7, 11) is 0. The molecular formula is C16H25N. The van der Waals surface area contributed by atoms with Crippen molar-refractivity contribution in [1.29, 1.82) is 0 Å². The van der Waals surface area contributed by atoms with Crippen molar-refractivity contribution in [3.63, 3.8) is 0 Å². The average molecular weight is 231 g/mol. The highest BCUT2D eigenvalue weighted by atomic mass is 14.7. The van der Waals surface area contributed by atoms with Gasteiger partial charge in [0.15, 0.2) is 0 Å². The molecule has 2 unspecified atom stereocenters. The molecule has 1 aromatic rings. The molecule has 2 atom stereocenters. The Morgan fingerprint density at radius 2 is 1.88 bits per heavy atom. The lowest BCUT2D eigenvalue weighted by molar-refractivity contribution is 0.332. The summed E-state index contributed by atoms with van der Waals surface area (Å²) < 4.78 is 0. The minimum atomic E-state index is 0.743. The molecule has 0 amide bonds. The quantitative estimate of drug-likeness (QED) is 0.569. The van der Waals surface area contributed by atoms with Crippen molar-refractivity contribution in [3.8, 4) is 0 Å². The van der Waals surface area contributed by atoms with Crippen molar-refractivity contribution in [2.24, 2.45) is 16.8 Å². The van der Waals surface area contributed by atoms with Gasteiger partial charge in [0.2, 0.25) is 0 Å². The molecule has 1 aromatic carbocycles. The lowest BCUT2D eigenvalue weighted by atomic mass is 9.86. The van der Waals surface area contributed by atoms with E-state index >= 15 is 0 Å². The first kappa shape index (κ1) is 14.0. The van der Waals surface area contributed by atoms with Crippen LogP contribution < -0.4 is 0 Å². The van der Waals surface area contributed by atoms with Gasteiger partial charge in [-0.2, -0.15) is 0 Å². The van der Waals surface area contributed by atoms with Gasteiger partial charge < -0.3 is 0 Å². The van der Waals surface area contributed by atoms with Crippen LogP contribution in [0.15, 0.2) is 35.3 Å². The third-order valence-corrected chi connectivity index (χ3v) is 3.46. The van der Waals surface area contributed by atoms with E-state index in [0.29, 0.717) is 0 Å². The molecule has 0 heterocycles. The summed E-state index contributed by atoms with van der Waals surface area (Å²) in [6.45, 7) is 6.92. The number of benzene rings is 1. The third kappa shape index (κ3) is 5.16. The second-order valence-electron chi connectivity index (χ2n) is 4.82. The van der Waals surface area contributed by atoms with E-state index in [1.54, 1.807) is 0 Å². The van der Waals surface area contributed by atoms with Gasteiger partial charge in [-0.3, -0.25) is 4.99 Å². The Balaban J connectivity index is 2.41. The fraction of sp³-hybridized carbons (Fsp3) is 0.562. The van der Waals surface area contributed by atoms with Gasteiger partial charge in [-0.05, 0) is 30.4 Å². The SMILES string of the molecule is CCCC(CC)C(C)CC=Nc1ccccc1. The zero-order valence-corrected chi connectivity index (χ0v) is 11.4. The monoisotopic (exact) mass is 231 g/mol. The number of para-hydroxylation sites is 1. The van der Waals surface area contributed by atoms with Crippen molar-refractivity contribution >= 4 is 11.9 Å². The standard InChI is InChI=1S/C16H25N/c1-4-9-15(5-2)14(3)12-13-17-16-10-7-6-8-11-16/h6-8,10-11,13-15H,4-5,9,12H2,1-3H3. The van der Waals surface area contributed by atoms with E-state index in [9.17, 15) is 0 Å². The van der Waals surface area contributed by atoms with Gasteiger partial charge in [-0.25, -0.2) is 0 Å². The number of hydrogen-bond donors (Lipinski definition) is 0. The van der Waals surface area contributed by atoms with Crippen LogP contribution in [-0.2, 0) is 0 Å². The molecule has 1 heteroatoms. The molecule has 0 fully saturated rings. The van der Waals surface area contributed by atoms with Crippen molar-refractivity contribution in [1.82, 2.24) is 0 Å². The van der Waals surface area contributed by atoms with Crippen LogP contribution in [0.25, 0.3) is 0 Å². The predicted molar refractivity (Wildman–Crippen MR) is 77.1 cm³/mol. The Morgan fingerprint density at radius 3 is 2.47 bits per heavy atom. The van der Waals surface area contributed by atoms with Gasteiger partial charge in [0, 0.05) is 6.21 Å². The van der Waals surface area contributed by atoms with Gasteiger partial charge in [0.25, 0.3) is 0 Å². The molecule has 0 spiro atoms. The van der Waals surface area contributed by atoms with Gasteiger partial charge in [-0.15, -0.1) is 0 Å². The molecule has 0 aliphatic rings. The maximum Gasteiger partial charge on any atom is 0.0625 e. The Hall–Kier alpha value is -1.11. The molecule has 0 saturated carbocycles. The summed E-state index contributed by atoms with van der Waals surface area (Å²) in [5.41, 5.74) is 1.06. The zero-order chi connectivity index (χ0) is 12.5. The van der Waals surface area contributed by atoms with Gasteiger partial charge in [0.1, 0.15) is 0 Å². The summed E-state index contributed by atoms with van der Waals surface area (Å²) in [5.74, 6) is 1.59. The van der Waals surface area contributed by atoms with Gasteiger partial charge in [0.05, 0.1) is 5.69 Å². The van der Waals surface area contributed by atoms with Crippen LogP contribution in [0.5, 0.6) is 0 Å².